The number of benzene rings is 2. The SMILES string of the molecule is O=S1(=O)C2CCCC1CC(O)(c1cccc(-c3ccccc3)c1)C2. The van der Waals surface area contributed by atoms with E-state index in [1.165, 1.54) is 0 Å². The molecule has 2 heterocycles. The topological polar surface area (TPSA) is 54.4 Å². The third-order valence-electron chi connectivity index (χ3n) is 5.62. The van der Waals surface area contributed by atoms with Crippen molar-refractivity contribution in [2.24, 2.45) is 0 Å². The first-order valence-electron chi connectivity index (χ1n) is 8.60. The van der Waals surface area contributed by atoms with E-state index in [0.717, 1.165) is 23.1 Å². The van der Waals surface area contributed by atoms with Gasteiger partial charge >= 0.3 is 0 Å². The number of hydrogen-bond donors (Lipinski definition) is 1. The predicted molar refractivity (Wildman–Crippen MR) is 95.4 cm³/mol. The van der Waals surface area contributed by atoms with Crippen LogP contribution < -0.4 is 0 Å². The monoisotopic (exact) mass is 342 g/mol. The number of rotatable bonds is 2. The molecule has 3 nitrogen and oxygen atoms in total. The average molecular weight is 342 g/mol. The van der Waals surface area contributed by atoms with E-state index in [1.54, 1.807) is 0 Å². The van der Waals surface area contributed by atoms with Gasteiger partial charge in [-0.2, -0.15) is 0 Å². The summed E-state index contributed by atoms with van der Waals surface area (Å²) in [6, 6.07) is 18.0. The maximum absolute atomic E-state index is 12.5. The Kier molecular flexibility index (Phi) is 3.77. The van der Waals surface area contributed by atoms with Gasteiger partial charge < -0.3 is 5.11 Å². The summed E-state index contributed by atoms with van der Waals surface area (Å²) < 4.78 is 25.0. The van der Waals surface area contributed by atoms with Crippen molar-refractivity contribution < 1.29 is 13.5 Å². The van der Waals surface area contributed by atoms with Crippen molar-refractivity contribution >= 4 is 9.84 Å². The van der Waals surface area contributed by atoms with E-state index < -0.39 is 25.9 Å². The van der Waals surface area contributed by atoms with Gasteiger partial charge in [-0.25, -0.2) is 8.42 Å². The highest BCUT2D eigenvalue weighted by molar-refractivity contribution is 7.92. The van der Waals surface area contributed by atoms with Crippen LogP contribution in [-0.2, 0) is 15.4 Å². The van der Waals surface area contributed by atoms with Gasteiger partial charge in [0.25, 0.3) is 0 Å². The summed E-state index contributed by atoms with van der Waals surface area (Å²) in [7, 11) is -3.07. The lowest BCUT2D eigenvalue weighted by Gasteiger charge is -2.44. The second kappa shape index (κ2) is 5.71. The van der Waals surface area contributed by atoms with Crippen LogP contribution in [-0.4, -0.2) is 24.0 Å². The van der Waals surface area contributed by atoms with Crippen LogP contribution in [0.1, 0.15) is 37.7 Å². The van der Waals surface area contributed by atoms with Crippen LogP contribution in [0.2, 0.25) is 0 Å². The highest BCUT2D eigenvalue weighted by atomic mass is 32.2. The van der Waals surface area contributed by atoms with Gasteiger partial charge in [0.1, 0.15) is 0 Å². The maximum Gasteiger partial charge on any atom is 0.156 e. The molecule has 126 valence electrons. The normalized spacial score (nSPS) is 31.5. The minimum Gasteiger partial charge on any atom is -0.385 e. The standard InChI is InChI=1S/C20H22O3S/c21-20(13-18-10-5-11-19(14-20)24(18,22)23)17-9-4-8-16(12-17)15-6-2-1-3-7-15/h1-4,6-9,12,18-19,21H,5,10-11,13-14H2. The van der Waals surface area contributed by atoms with Crippen molar-refractivity contribution in [3.63, 3.8) is 0 Å². The quantitative estimate of drug-likeness (QED) is 0.906. The van der Waals surface area contributed by atoms with Gasteiger partial charge in [0, 0.05) is 0 Å². The molecule has 2 saturated heterocycles. The molecular weight excluding hydrogens is 320 g/mol. The highest BCUT2D eigenvalue weighted by Gasteiger charge is 2.50. The summed E-state index contributed by atoms with van der Waals surface area (Å²) in [5, 5.41) is 10.5. The fourth-order valence-electron chi connectivity index (χ4n) is 4.30. The summed E-state index contributed by atoms with van der Waals surface area (Å²) in [6.07, 6.45) is 2.96. The molecule has 4 heteroatoms. The average Bonchev–Trinajstić information content (AvgIpc) is 2.57. The van der Waals surface area contributed by atoms with Crippen molar-refractivity contribution in [2.45, 2.75) is 48.2 Å². The molecular formula is C20H22O3S. The Hall–Kier alpha value is -1.65. The van der Waals surface area contributed by atoms with Gasteiger partial charge in [0.2, 0.25) is 0 Å². The predicted octanol–water partition coefficient (Wildman–Crippen LogP) is 3.67. The largest absolute Gasteiger partial charge is 0.385 e. The Morgan fingerprint density at radius 2 is 1.50 bits per heavy atom. The van der Waals surface area contributed by atoms with Gasteiger partial charge in [-0.1, -0.05) is 55.0 Å². The summed E-state index contributed by atoms with van der Waals surface area (Å²) in [4.78, 5) is 0. The Balaban J connectivity index is 1.71. The molecule has 2 aliphatic rings. The first-order chi connectivity index (χ1) is 11.5. The third kappa shape index (κ3) is 2.58. The molecule has 2 aliphatic heterocycles. The molecule has 4 rings (SSSR count). The minimum atomic E-state index is -3.07. The molecule has 2 unspecified atom stereocenters. The molecule has 2 atom stereocenters. The summed E-state index contributed by atoms with van der Waals surface area (Å²) in [5.41, 5.74) is 1.97. The molecule has 0 aliphatic carbocycles. The lowest BCUT2D eigenvalue weighted by atomic mass is 9.80. The van der Waals surface area contributed by atoms with E-state index in [-0.39, 0.29) is 0 Å². The lowest BCUT2D eigenvalue weighted by molar-refractivity contribution is 0.00505. The second-order valence-corrected chi connectivity index (χ2v) is 9.66. The first kappa shape index (κ1) is 15.9. The van der Waals surface area contributed by atoms with Crippen LogP contribution in [0.5, 0.6) is 0 Å². The molecule has 0 aromatic heterocycles. The summed E-state index contributed by atoms with van der Waals surface area (Å²) in [5.74, 6) is 0. The van der Waals surface area contributed by atoms with Crippen molar-refractivity contribution in [3.8, 4) is 11.1 Å². The van der Waals surface area contributed by atoms with Gasteiger partial charge in [0.15, 0.2) is 9.84 Å². The van der Waals surface area contributed by atoms with Crippen LogP contribution in [0, 0.1) is 0 Å². The molecule has 2 bridgehead atoms. The number of fused-ring (bicyclic) bond motifs is 2. The maximum atomic E-state index is 12.5. The molecule has 2 aromatic rings. The summed E-state index contributed by atoms with van der Waals surface area (Å²) >= 11 is 0. The van der Waals surface area contributed by atoms with Gasteiger partial charge in [0.05, 0.1) is 16.1 Å². The molecule has 0 radical (unpaired) electrons. The molecule has 0 amide bonds. The van der Waals surface area contributed by atoms with Crippen LogP contribution in [0.4, 0.5) is 0 Å². The smallest absolute Gasteiger partial charge is 0.156 e. The zero-order valence-electron chi connectivity index (χ0n) is 13.6. The van der Waals surface area contributed by atoms with Crippen molar-refractivity contribution in [3.05, 3.63) is 60.2 Å². The van der Waals surface area contributed by atoms with Gasteiger partial charge in [-0.3, -0.25) is 0 Å². The number of sulfone groups is 1. The Bertz CT molecular complexity index is 822. The Morgan fingerprint density at radius 3 is 2.17 bits per heavy atom. The van der Waals surface area contributed by atoms with Crippen LogP contribution in [0.25, 0.3) is 11.1 Å². The molecule has 0 saturated carbocycles. The molecule has 24 heavy (non-hydrogen) atoms. The second-order valence-electron chi connectivity index (χ2n) is 7.15. The van der Waals surface area contributed by atoms with Gasteiger partial charge in [-0.15, -0.1) is 0 Å². The van der Waals surface area contributed by atoms with Crippen molar-refractivity contribution in [2.75, 3.05) is 0 Å². The minimum absolute atomic E-state index is 0.323. The van der Waals surface area contributed by atoms with E-state index in [1.807, 2.05) is 54.6 Å². The van der Waals surface area contributed by atoms with E-state index in [4.69, 9.17) is 0 Å². The van der Waals surface area contributed by atoms with Crippen LogP contribution in [0.15, 0.2) is 54.6 Å². The lowest BCUT2D eigenvalue weighted by Crippen LogP contribution is -2.50. The molecule has 2 aromatic carbocycles. The van der Waals surface area contributed by atoms with Crippen LogP contribution >= 0.6 is 0 Å². The molecule has 0 spiro atoms. The van der Waals surface area contributed by atoms with E-state index in [0.29, 0.717) is 25.7 Å². The van der Waals surface area contributed by atoms with Crippen molar-refractivity contribution in [1.82, 2.24) is 0 Å². The Morgan fingerprint density at radius 1 is 0.875 bits per heavy atom. The molecule has 2 fully saturated rings. The first-order valence-corrected chi connectivity index (χ1v) is 10.2. The highest BCUT2D eigenvalue weighted by Crippen LogP contribution is 2.46. The van der Waals surface area contributed by atoms with Crippen LogP contribution in [0.3, 0.4) is 0 Å². The Labute approximate surface area is 143 Å². The zero-order chi connectivity index (χ0) is 16.8. The molecule has 1 N–H and O–H groups in total. The van der Waals surface area contributed by atoms with Gasteiger partial charge in [-0.05, 0) is 48.4 Å². The fraction of sp³-hybridized carbons (Fsp3) is 0.400. The third-order valence-corrected chi connectivity index (χ3v) is 8.28. The van der Waals surface area contributed by atoms with E-state index in [9.17, 15) is 13.5 Å². The van der Waals surface area contributed by atoms with Crippen molar-refractivity contribution in [1.29, 1.82) is 0 Å². The number of hydrogen-bond acceptors (Lipinski definition) is 3. The fourth-order valence-corrected chi connectivity index (χ4v) is 6.85. The summed E-state index contributed by atoms with van der Waals surface area (Å²) in [6.45, 7) is 0. The zero-order valence-corrected chi connectivity index (χ0v) is 14.4. The van der Waals surface area contributed by atoms with E-state index >= 15 is 0 Å². The van der Waals surface area contributed by atoms with E-state index in [2.05, 4.69) is 0 Å². The number of aliphatic hydroxyl groups is 1.